The molecule has 1 aliphatic rings. The Bertz CT molecular complexity index is 1050. The van der Waals surface area contributed by atoms with Crippen LogP contribution < -0.4 is 20.7 Å². The second-order valence-electron chi connectivity index (χ2n) is 7.40. The largest absolute Gasteiger partial charge is 0.457 e. The van der Waals surface area contributed by atoms with Crippen LogP contribution in [0.2, 0.25) is 0 Å². The first-order valence-corrected chi connectivity index (χ1v) is 10.4. The van der Waals surface area contributed by atoms with Crippen molar-refractivity contribution < 1.29 is 9.53 Å². The van der Waals surface area contributed by atoms with Crippen LogP contribution in [0.5, 0.6) is 11.5 Å². The van der Waals surface area contributed by atoms with Crippen molar-refractivity contribution in [3.63, 3.8) is 0 Å². The van der Waals surface area contributed by atoms with Gasteiger partial charge in [-0.1, -0.05) is 48.5 Å². The second kappa shape index (κ2) is 9.80. The predicted molar refractivity (Wildman–Crippen MR) is 124 cm³/mol. The first-order valence-electron chi connectivity index (χ1n) is 10.4. The molecule has 6 heteroatoms. The number of nitrogens with zero attached hydrogens (tertiary/aromatic N) is 1. The van der Waals surface area contributed by atoms with Crippen molar-refractivity contribution in [3.8, 4) is 11.5 Å². The molecule has 0 fully saturated rings. The third-order valence-electron chi connectivity index (χ3n) is 5.21. The molecular formula is C25H26N4O2. The topological polar surface area (TPSA) is 74.8 Å². The summed E-state index contributed by atoms with van der Waals surface area (Å²) in [4.78, 5) is 16.3. The van der Waals surface area contributed by atoms with Crippen molar-refractivity contribution in [2.75, 3.05) is 18.9 Å². The van der Waals surface area contributed by atoms with Gasteiger partial charge in [-0.05, 0) is 41.5 Å². The molecule has 4 rings (SSSR count). The first kappa shape index (κ1) is 20.5. The quantitative estimate of drug-likeness (QED) is 0.416. The minimum Gasteiger partial charge on any atom is -0.457 e. The van der Waals surface area contributed by atoms with Crippen LogP contribution in [0.1, 0.15) is 23.5 Å². The molecule has 1 amide bonds. The van der Waals surface area contributed by atoms with E-state index < -0.39 is 0 Å². The van der Waals surface area contributed by atoms with Gasteiger partial charge in [0.1, 0.15) is 11.5 Å². The fourth-order valence-electron chi connectivity index (χ4n) is 3.61. The Hall–Kier alpha value is -3.80. The highest BCUT2D eigenvalue weighted by molar-refractivity contribution is 5.94. The number of carbonyl (C=O) groups excluding carboxylic acids is 1. The summed E-state index contributed by atoms with van der Waals surface area (Å²) < 4.78 is 5.83. The third-order valence-corrected chi connectivity index (χ3v) is 5.21. The molecule has 1 atom stereocenters. The average molecular weight is 415 g/mol. The normalized spacial score (nSPS) is 15.6. The fourth-order valence-corrected chi connectivity index (χ4v) is 3.61. The molecule has 0 saturated heterocycles. The van der Waals surface area contributed by atoms with E-state index in [0.717, 1.165) is 28.3 Å². The number of hydrogen-bond donors (Lipinski definition) is 3. The molecule has 0 aliphatic carbocycles. The number of amides is 1. The van der Waals surface area contributed by atoms with Crippen molar-refractivity contribution in [2.24, 2.45) is 4.99 Å². The van der Waals surface area contributed by atoms with Crippen molar-refractivity contribution in [1.82, 2.24) is 10.6 Å². The molecule has 6 nitrogen and oxygen atoms in total. The fraction of sp³-hybridized carbons (Fsp3) is 0.200. The molecule has 3 aromatic carbocycles. The van der Waals surface area contributed by atoms with Gasteiger partial charge in [0.05, 0.1) is 0 Å². The molecule has 158 valence electrons. The van der Waals surface area contributed by atoms with Crippen molar-refractivity contribution in [2.45, 2.75) is 18.9 Å². The number of fused-ring (bicyclic) bond motifs is 1. The molecule has 31 heavy (non-hydrogen) atoms. The van der Waals surface area contributed by atoms with Crippen molar-refractivity contribution in [3.05, 3.63) is 90.0 Å². The molecule has 0 saturated carbocycles. The minimum absolute atomic E-state index is 0.0475. The highest BCUT2D eigenvalue weighted by Gasteiger charge is 2.24. The Morgan fingerprint density at radius 3 is 2.45 bits per heavy atom. The van der Waals surface area contributed by atoms with Crippen molar-refractivity contribution in [1.29, 1.82) is 0 Å². The number of hydrogen-bond acceptors (Lipinski definition) is 3. The number of guanidine groups is 1. The van der Waals surface area contributed by atoms with Gasteiger partial charge in [0.15, 0.2) is 5.96 Å². The molecule has 0 bridgehead atoms. The molecule has 3 N–H and O–H groups in total. The van der Waals surface area contributed by atoms with Gasteiger partial charge >= 0.3 is 0 Å². The molecule has 0 radical (unpaired) electrons. The van der Waals surface area contributed by atoms with Crippen LogP contribution in [-0.2, 0) is 11.3 Å². The van der Waals surface area contributed by atoms with Crippen LogP contribution in [0.25, 0.3) is 0 Å². The molecule has 1 aliphatic heterocycles. The Labute approximate surface area is 182 Å². The van der Waals surface area contributed by atoms with E-state index in [2.05, 4.69) is 27.0 Å². The number of anilines is 1. The predicted octanol–water partition coefficient (Wildman–Crippen LogP) is 4.27. The third kappa shape index (κ3) is 5.42. The van der Waals surface area contributed by atoms with Crippen LogP contribution in [0, 0.1) is 0 Å². The summed E-state index contributed by atoms with van der Waals surface area (Å²) >= 11 is 0. The maximum Gasteiger partial charge on any atom is 0.225 e. The standard InChI is InChI=1S/C25H26N4O2/c1-26-25(28-17-19-15-24(30)29-23-10-6-5-9-22(19)23)27-16-18-11-13-21(14-12-18)31-20-7-3-2-4-8-20/h2-14,19H,15-17H2,1H3,(H,29,30)(H2,26,27,28). The lowest BCUT2D eigenvalue weighted by atomic mass is 9.90. The highest BCUT2D eigenvalue weighted by Crippen LogP contribution is 2.31. The zero-order valence-corrected chi connectivity index (χ0v) is 17.5. The van der Waals surface area contributed by atoms with E-state index in [-0.39, 0.29) is 11.8 Å². The van der Waals surface area contributed by atoms with E-state index in [4.69, 9.17) is 4.74 Å². The number of nitrogens with one attached hydrogen (secondary N) is 3. The Balaban J connectivity index is 1.30. The summed E-state index contributed by atoms with van der Waals surface area (Å²) in [6.45, 7) is 1.26. The van der Waals surface area contributed by atoms with E-state index in [9.17, 15) is 4.79 Å². The van der Waals surface area contributed by atoms with E-state index in [1.54, 1.807) is 7.05 Å². The molecule has 1 unspecified atom stereocenters. The maximum absolute atomic E-state index is 12.0. The average Bonchev–Trinajstić information content (AvgIpc) is 2.80. The molecule has 1 heterocycles. The van der Waals surface area contributed by atoms with Crippen molar-refractivity contribution >= 4 is 17.6 Å². The van der Waals surface area contributed by atoms with E-state index in [0.29, 0.717) is 25.5 Å². The Kier molecular flexibility index (Phi) is 6.47. The second-order valence-corrected chi connectivity index (χ2v) is 7.40. The summed E-state index contributed by atoms with van der Waals surface area (Å²) in [6.07, 6.45) is 0.462. The molecule has 3 aromatic rings. The number of para-hydroxylation sites is 2. The number of benzene rings is 3. The Morgan fingerprint density at radius 1 is 0.968 bits per heavy atom. The number of ether oxygens (including phenoxy) is 1. The van der Waals surface area contributed by atoms with Gasteiger partial charge in [0, 0.05) is 38.2 Å². The van der Waals surface area contributed by atoms with Crippen LogP contribution in [0.15, 0.2) is 83.9 Å². The van der Waals surface area contributed by atoms with Gasteiger partial charge in [-0.25, -0.2) is 0 Å². The van der Waals surface area contributed by atoms with Gasteiger partial charge in [-0.3, -0.25) is 9.79 Å². The first-order chi connectivity index (χ1) is 15.2. The lowest BCUT2D eigenvalue weighted by molar-refractivity contribution is -0.116. The van der Waals surface area contributed by atoms with Gasteiger partial charge < -0.3 is 20.7 Å². The van der Waals surface area contributed by atoms with Gasteiger partial charge in [0.25, 0.3) is 0 Å². The lowest BCUT2D eigenvalue weighted by Crippen LogP contribution is -2.40. The summed E-state index contributed by atoms with van der Waals surface area (Å²) in [5.74, 6) is 2.47. The lowest BCUT2D eigenvalue weighted by Gasteiger charge is -2.26. The summed E-state index contributed by atoms with van der Waals surface area (Å²) in [5, 5.41) is 9.61. The van der Waals surface area contributed by atoms with E-state index in [1.165, 1.54) is 0 Å². The smallest absolute Gasteiger partial charge is 0.225 e. The van der Waals surface area contributed by atoms with Gasteiger partial charge in [-0.2, -0.15) is 0 Å². The molecule has 0 spiro atoms. The number of aliphatic imine (C=N–C) groups is 1. The zero-order valence-electron chi connectivity index (χ0n) is 17.5. The summed E-state index contributed by atoms with van der Waals surface area (Å²) in [6, 6.07) is 25.6. The Morgan fingerprint density at radius 2 is 1.68 bits per heavy atom. The van der Waals surface area contributed by atoms with Crippen LogP contribution in [-0.4, -0.2) is 25.5 Å². The highest BCUT2D eigenvalue weighted by atomic mass is 16.5. The van der Waals surface area contributed by atoms with Crippen LogP contribution in [0.3, 0.4) is 0 Å². The number of carbonyl (C=O) groups is 1. The minimum atomic E-state index is 0.0475. The van der Waals surface area contributed by atoms with Crippen LogP contribution >= 0.6 is 0 Å². The van der Waals surface area contributed by atoms with E-state index >= 15 is 0 Å². The molecule has 0 aromatic heterocycles. The maximum atomic E-state index is 12.0. The summed E-state index contributed by atoms with van der Waals surface area (Å²) in [5.41, 5.74) is 3.16. The summed E-state index contributed by atoms with van der Waals surface area (Å²) in [7, 11) is 1.74. The van der Waals surface area contributed by atoms with E-state index in [1.807, 2.05) is 72.8 Å². The van der Waals surface area contributed by atoms with Gasteiger partial charge in [0.2, 0.25) is 5.91 Å². The molecular weight excluding hydrogens is 388 g/mol. The number of rotatable bonds is 6. The monoisotopic (exact) mass is 414 g/mol. The zero-order chi connectivity index (χ0) is 21.5. The SMILES string of the molecule is CN=C(NCc1ccc(Oc2ccccc2)cc1)NCC1CC(=O)Nc2ccccc21. The van der Waals surface area contributed by atoms with Crippen LogP contribution in [0.4, 0.5) is 5.69 Å². The van der Waals surface area contributed by atoms with Gasteiger partial charge in [-0.15, -0.1) is 0 Å².